The molecule has 2 aromatic rings. The van der Waals surface area contributed by atoms with Gasteiger partial charge in [-0.25, -0.2) is 22.4 Å². The summed E-state index contributed by atoms with van der Waals surface area (Å²) in [4.78, 5) is 23.8. The van der Waals surface area contributed by atoms with Gasteiger partial charge in [0.15, 0.2) is 12.4 Å². The van der Waals surface area contributed by atoms with Crippen molar-refractivity contribution in [1.29, 1.82) is 0 Å². The summed E-state index contributed by atoms with van der Waals surface area (Å²) < 4.78 is 136. The van der Waals surface area contributed by atoms with Crippen LogP contribution < -0.4 is 15.4 Å². The summed E-state index contributed by atoms with van der Waals surface area (Å²) >= 11 is 11.4. The molecule has 0 saturated carbocycles. The second kappa shape index (κ2) is 10.6. The fourth-order valence-electron chi connectivity index (χ4n) is 2.45. The SMILES string of the molecule is O=C(NC(=O)c1c(F)cccc1F)Nc1cc(Cl)c(OCC(F)(F)C(F)(F)C(F)(F)C(F)F)c(Cl)c1. The highest BCUT2D eigenvalue weighted by Gasteiger charge is 2.75. The number of ether oxygens (including phenoxy) is 1. The quantitative estimate of drug-likeness (QED) is 0.341. The Bertz CT molecular complexity index is 1120. The Morgan fingerprint density at radius 2 is 1.44 bits per heavy atom. The number of hydrogen-bond donors (Lipinski definition) is 2. The number of benzene rings is 2. The fraction of sp³-hybridized carbons (Fsp3) is 0.263. The van der Waals surface area contributed by atoms with Gasteiger partial charge in [-0.3, -0.25) is 10.1 Å². The molecule has 0 radical (unpaired) electrons. The zero-order chi connectivity index (χ0) is 27.6. The highest BCUT2D eigenvalue weighted by molar-refractivity contribution is 6.37. The number of carbonyl (C=O) groups is 2. The molecular formula is C19H10Cl2F10N2O3. The lowest BCUT2D eigenvalue weighted by molar-refractivity contribution is -0.342. The molecule has 17 heteroatoms. The van der Waals surface area contributed by atoms with Crippen molar-refractivity contribution in [1.82, 2.24) is 5.32 Å². The van der Waals surface area contributed by atoms with Crippen LogP contribution in [-0.4, -0.2) is 42.7 Å². The molecule has 0 bridgehead atoms. The average molecular weight is 575 g/mol. The van der Waals surface area contributed by atoms with Crippen LogP contribution in [0.2, 0.25) is 10.0 Å². The van der Waals surface area contributed by atoms with Crippen LogP contribution in [0.3, 0.4) is 0 Å². The van der Waals surface area contributed by atoms with E-state index in [1.54, 1.807) is 5.32 Å². The molecule has 0 saturated heterocycles. The van der Waals surface area contributed by atoms with Gasteiger partial charge in [-0.1, -0.05) is 29.3 Å². The zero-order valence-corrected chi connectivity index (χ0v) is 18.4. The van der Waals surface area contributed by atoms with Crippen molar-refractivity contribution in [3.05, 3.63) is 57.6 Å². The number of carbonyl (C=O) groups excluding carboxylic acids is 2. The lowest BCUT2D eigenvalue weighted by Gasteiger charge is -2.32. The van der Waals surface area contributed by atoms with E-state index in [0.717, 1.165) is 18.2 Å². The van der Waals surface area contributed by atoms with E-state index >= 15 is 0 Å². The Kier molecular flexibility index (Phi) is 8.61. The minimum atomic E-state index is -6.53. The first-order chi connectivity index (χ1) is 16.4. The number of anilines is 1. The van der Waals surface area contributed by atoms with Crippen LogP contribution in [0.4, 0.5) is 54.4 Å². The second-order valence-electron chi connectivity index (χ2n) is 6.77. The summed E-state index contributed by atoms with van der Waals surface area (Å²) in [6.07, 6.45) is -5.12. The van der Waals surface area contributed by atoms with Gasteiger partial charge in [0, 0.05) is 5.69 Å². The average Bonchev–Trinajstić information content (AvgIpc) is 2.72. The maximum Gasteiger partial charge on any atom is 0.381 e. The zero-order valence-electron chi connectivity index (χ0n) is 16.9. The summed E-state index contributed by atoms with van der Waals surface area (Å²) in [6.45, 7) is -2.56. The molecule has 0 aromatic heterocycles. The number of hydrogen-bond acceptors (Lipinski definition) is 3. The van der Waals surface area contributed by atoms with Gasteiger partial charge in [0.2, 0.25) is 0 Å². The van der Waals surface area contributed by atoms with E-state index in [4.69, 9.17) is 23.2 Å². The molecular weight excluding hydrogens is 565 g/mol. The summed E-state index contributed by atoms with van der Waals surface area (Å²) in [7, 11) is 0. The molecule has 0 aliphatic heterocycles. The van der Waals surface area contributed by atoms with Crippen LogP contribution in [0.1, 0.15) is 10.4 Å². The summed E-state index contributed by atoms with van der Waals surface area (Å²) in [5, 5.41) is 1.97. The minimum Gasteiger partial charge on any atom is -0.484 e. The van der Waals surface area contributed by atoms with E-state index in [2.05, 4.69) is 4.74 Å². The first kappa shape index (κ1) is 29.3. The standard InChI is InChI=1S/C19H10Cl2F10N2O3/c20-8-4-7(32-16(35)33-14(34)12-10(22)2-1-3-11(12)23)5-9(21)13(8)36-6-17(26,27)19(30,31)18(28,29)15(24)25/h1-5,15H,6H2,(H2,32,33,34,35). The molecule has 0 unspecified atom stereocenters. The van der Waals surface area contributed by atoms with Crippen molar-refractivity contribution in [2.75, 3.05) is 11.9 Å². The first-order valence-electron chi connectivity index (χ1n) is 9.02. The van der Waals surface area contributed by atoms with E-state index in [1.165, 1.54) is 0 Å². The molecule has 2 rings (SSSR count). The van der Waals surface area contributed by atoms with Crippen molar-refractivity contribution in [3.8, 4) is 5.75 Å². The van der Waals surface area contributed by atoms with Gasteiger partial charge in [-0.05, 0) is 24.3 Å². The van der Waals surface area contributed by atoms with Crippen LogP contribution in [0, 0.1) is 11.6 Å². The Morgan fingerprint density at radius 3 is 1.92 bits per heavy atom. The van der Waals surface area contributed by atoms with Crippen molar-refractivity contribution in [3.63, 3.8) is 0 Å². The Labute approximate surface area is 204 Å². The normalized spacial score (nSPS) is 12.5. The number of urea groups is 1. The third kappa shape index (κ3) is 5.88. The van der Waals surface area contributed by atoms with Gasteiger partial charge < -0.3 is 10.1 Å². The number of imide groups is 1. The topological polar surface area (TPSA) is 67.4 Å². The number of nitrogens with one attached hydrogen (secondary N) is 2. The molecule has 5 nitrogen and oxygen atoms in total. The molecule has 198 valence electrons. The van der Waals surface area contributed by atoms with Gasteiger partial charge in [-0.2, -0.15) is 26.3 Å². The second-order valence-corrected chi connectivity index (χ2v) is 7.58. The van der Waals surface area contributed by atoms with Crippen molar-refractivity contribution >= 4 is 40.8 Å². The Morgan fingerprint density at radius 1 is 0.944 bits per heavy atom. The number of halogens is 12. The maximum atomic E-state index is 13.7. The van der Waals surface area contributed by atoms with Crippen LogP contribution in [0.15, 0.2) is 30.3 Å². The van der Waals surface area contributed by atoms with Gasteiger partial charge in [0.1, 0.15) is 17.2 Å². The van der Waals surface area contributed by atoms with Crippen molar-refractivity contribution < 1.29 is 58.2 Å². The van der Waals surface area contributed by atoms with Crippen LogP contribution in [0.5, 0.6) is 5.75 Å². The summed E-state index contributed by atoms with van der Waals surface area (Å²) in [5.41, 5.74) is -1.49. The monoisotopic (exact) mass is 574 g/mol. The Hall–Kier alpha value is -2.94. The highest BCUT2D eigenvalue weighted by atomic mass is 35.5. The number of amides is 3. The third-order valence-electron chi connectivity index (χ3n) is 4.22. The summed E-state index contributed by atoms with van der Waals surface area (Å²) in [5.74, 6) is -23.8. The molecule has 0 aliphatic carbocycles. The fourth-order valence-corrected chi connectivity index (χ4v) is 3.04. The van der Waals surface area contributed by atoms with Gasteiger partial charge >= 0.3 is 30.2 Å². The predicted molar refractivity (Wildman–Crippen MR) is 106 cm³/mol. The van der Waals surface area contributed by atoms with Crippen LogP contribution in [-0.2, 0) is 0 Å². The summed E-state index contributed by atoms with van der Waals surface area (Å²) in [6, 6.07) is 2.46. The van der Waals surface area contributed by atoms with Crippen molar-refractivity contribution in [2.24, 2.45) is 0 Å². The molecule has 0 spiro atoms. The third-order valence-corrected chi connectivity index (χ3v) is 4.78. The van der Waals surface area contributed by atoms with Crippen LogP contribution >= 0.6 is 23.2 Å². The van der Waals surface area contributed by atoms with Crippen LogP contribution in [0.25, 0.3) is 0 Å². The molecule has 0 heterocycles. The largest absolute Gasteiger partial charge is 0.484 e. The molecule has 0 fully saturated rings. The van der Waals surface area contributed by atoms with E-state index < -0.39 is 81.4 Å². The molecule has 36 heavy (non-hydrogen) atoms. The van der Waals surface area contributed by atoms with Crippen molar-refractivity contribution in [2.45, 2.75) is 24.2 Å². The molecule has 0 atom stereocenters. The number of alkyl halides is 8. The van der Waals surface area contributed by atoms with Gasteiger partial charge in [0.05, 0.1) is 10.0 Å². The first-order valence-corrected chi connectivity index (χ1v) is 9.77. The highest BCUT2D eigenvalue weighted by Crippen LogP contribution is 2.49. The smallest absolute Gasteiger partial charge is 0.381 e. The maximum absolute atomic E-state index is 13.7. The van der Waals surface area contributed by atoms with Gasteiger partial charge in [-0.15, -0.1) is 0 Å². The molecule has 3 amide bonds. The number of rotatable bonds is 8. The lowest BCUT2D eigenvalue weighted by Crippen LogP contribution is -2.59. The predicted octanol–water partition coefficient (Wildman–Crippen LogP) is 6.78. The van der Waals surface area contributed by atoms with E-state index in [1.807, 2.05) is 5.32 Å². The van der Waals surface area contributed by atoms with E-state index in [9.17, 15) is 53.5 Å². The lowest BCUT2D eigenvalue weighted by atomic mass is 10.1. The molecule has 0 aliphatic rings. The minimum absolute atomic E-state index is 0.391. The van der Waals surface area contributed by atoms with Gasteiger partial charge in [0.25, 0.3) is 5.91 Å². The Balaban J connectivity index is 2.14. The molecule has 2 N–H and O–H groups in total. The molecule has 2 aromatic carbocycles. The van der Waals surface area contributed by atoms with E-state index in [0.29, 0.717) is 12.1 Å². The van der Waals surface area contributed by atoms with E-state index in [-0.39, 0.29) is 0 Å².